The van der Waals surface area contributed by atoms with Crippen molar-refractivity contribution in [3.63, 3.8) is 0 Å². The lowest BCUT2D eigenvalue weighted by Gasteiger charge is -2.36. The van der Waals surface area contributed by atoms with Gasteiger partial charge in [0.2, 0.25) is 0 Å². The topological polar surface area (TPSA) is 114 Å². The van der Waals surface area contributed by atoms with E-state index in [9.17, 15) is 9.90 Å². The third-order valence-electron chi connectivity index (χ3n) is 8.00. The van der Waals surface area contributed by atoms with Gasteiger partial charge < -0.3 is 26.0 Å². The molecule has 1 saturated carbocycles. The maximum absolute atomic E-state index is 12.5. The molecule has 0 bridgehead atoms. The van der Waals surface area contributed by atoms with Gasteiger partial charge >= 0.3 is 0 Å². The van der Waals surface area contributed by atoms with Crippen molar-refractivity contribution in [3.8, 4) is 0 Å². The zero-order valence-electron chi connectivity index (χ0n) is 21.9. The fourth-order valence-electron chi connectivity index (χ4n) is 5.55. The van der Waals surface area contributed by atoms with Crippen LogP contribution in [0, 0.1) is 11.3 Å². The minimum absolute atomic E-state index is 0.0359. The molecule has 6 rings (SSSR count). The van der Waals surface area contributed by atoms with Crippen molar-refractivity contribution in [3.05, 3.63) is 101 Å². The van der Waals surface area contributed by atoms with Crippen molar-refractivity contribution in [2.45, 2.75) is 50.2 Å². The van der Waals surface area contributed by atoms with E-state index < -0.39 is 12.0 Å². The molecule has 1 aliphatic carbocycles. The molecule has 1 atom stereocenters. The molecule has 1 amide bonds. The van der Waals surface area contributed by atoms with Gasteiger partial charge in [-0.3, -0.25) is 4.79 Å². The zero-order chi connectivity index (χ0) is 26.8. The largest absolute Gasteiger partial charge is 0.383 e. The van der Waals surface area contributed by atoms with Crippen LogP contribution in [0.2, 0.25) is 0 Å². The predicted octanol–water partition coefficient (Wildman–Crippen LogP) is 4.06. The summed E-state index contributed by atoms with van der Waals surface area (Å²) in [5.41, 5.74) is 4.28. The number of anilines is 1. The molecule has 1 unspecified atom stereocenters. The Morgan fingerprint density at radius 1 is 0.949 bits per heavy atom. The number of aliphatic hydroxyl groups is 1. The summed E-state index contributed by atoms with van der Waals surface area (Å²) in [5, 5.41) is 26.0. The smallest absolute Gasteiger partial charge is 0.254 e. The van der Waals surface area contributed by atoms with Gasteiger partial charge in [0.25, 0.3) is 5.91 Å². The average molecular weight is 523 g/mol. The van der Waals surface area contributed by atoms with Crippen molar-refractivity contribution < 1.29 is 9.90 Å². The van der Waals surface area contributed by atoms with E-state index in [1.807, 2.05) is 73.1 Å². The Balaban J connectivity index is 1.21. The van der Waals surface area contributed by atoms with Crippen LogP contribution in [0.25, 0.3) is 0 Å². The molecule has 39 heavy (non-hydrogen) atoms. The molecule has 2 aliphatic heterocycles. The van der Waals surface area contributed by atoms with Gasteiger partial charge in [0.05, 0.1) is 24.1 Å². The Bertz CT molecular complexity index is 1310. The normalized spacial score (nSPS) is 20.2. The first-order valence-electron chi connectivity index (χ1n) is 13.8. The van der Waals surface area contributed by atoms with Gasteiger partial charge in [0.1, 0.15) is 17.7 Å². The minimum Gasteiger partial charge on any atom is -0.383 e. The maximum atomic E-state index is 12.5. The monoisotopic (exact) mass is 522 g/mol. The van der Waals surface area contributed by atoms with E-state index in [0.29, 0.717) is 23.0 Å². The first-order valence-corrected chi connectivity index (χ1v) is 13.8. The summed E-state index contributed by atoms with van der Waals surface area (Å²) in [6.45, 7) is 1.61. The van der Waals surface area contributed by atoms with Crippen molar-refractivity contribution in [1.82, 2.24) is 20.6 Å². The van der Waals surface area contributed by atoms with Gasteiger partial charge in [-0.15, -0.1) is 0 Å². The number of nitrogens with one attached hydrogen (secondary N) is 3. The molecule has 0 spiro atoms. The molecular weight excluding hydrogens is 488 g/mol. The van der Waals surface area contributed by atoms with Crippen LogP contribution in [0.5, 0.6) is 0 Å². The van der Waals surface area contributed by atoms with Gasteiger partial charge in [0.15, 0.2) is 0 Å². The Morgan fingerprint density at radius 3 is 2.10 bits per heavy atom. The molecule has 2 aromatic carbocycles. The van der Waals surface area contributed by atoms with Crippen LogP contribution in [0.3, 0.4) is 0 Å². The number of carbonyl (C=O) groups excluding carboxylic acids is 1. The van der Waals surface area contributed by atoms with Crippen LogP contribution in [0.4, 0.5) is 5.69 Å². The van der Waals surface area contributed by atoms with Crippen molar-refractivity contribution in [1.29, 1.82) is 5.41 Å². The second-order valence-electron chi connectivity index (χ2n) is 10.7. The van der Waals surface area contributed by atoms with E-state index in [4.69, 9.17) is 5.41 Å². The zero-order valence-corrected chi connectivity index (χ0v) is 21.9. The summed E-state index contributed by atoms with van der Waals surface area (Å²) in [6.07, 6.45) is 6.81. The predicted molar refractivity (Wildman–Crippen MR) is 150 cm³/mol. The van der Waals surface area contributed by atoms with Crippen molar-refractivity contribution in [2.24, 2.45) is 5.92 Å². The fourth-order valence-corrected chi connectivity index (χ4v) is 5.55. The number of hydrogen-bond acceptors (Lipinski definition) is 7. The molecule has 8 heteroatoms. The van der Waals surface area contributed by atoms with E-state index >= 15 is 0 Å². The van der Waals surface area contributed by atoms with Crippen LogP contribution in [-0.4, -0.2) is 45.9 Å². The summed E-state index contributed by atoms with van der Waals surface area (Å²) in [5.74, 6) is 1.59. The highest BCUT2D eigenvalue weighted by atomic mass is 16.3. The number of aliphatic hydroxyl groups excluding tert-OH is 1. The standard InChI is InChI=1S/C31H34N6O2/c32-27(20-13-15-37(16-14-20)24-18-33-29(34-19-24)23-11-12-23)25-17-26(38)31(39)36-30(25)35-28(21-7-3-1-4-8-21)22-9-5-2-6-10-22/h1-10,18-20,23,26,28,32,35,38H,11-17H2,(H,36,39). The number of aromatic nitrogens is 2. The molecule has 3 heterocycles. The second kappa shape index (κ2) is 11.0. The molecule has 3 aliphatic rings. The van der Waals surface area contributed by atoms with Crippen LogP contribution in [-0.2, 0) is 4.79 Å². The quantitative estimate of drug-likeness (QED) is 0.332. The molecule has 2 fully saturated rings. The highest BCUT2D eigenvalue weighted by Gasteiger charge is 2.34. The third-order valence-corrected chi connectivity index (χ3v) is 8.00. The third kappa shape index (κ3) is 5.56. The first kappa shape index (κ1) is 25.2. The molecule has 3 aromatic rings. The van der Waals surface area contributed by atoms with Gasteiger partial charge in [-0.05, 0) is 36.8 Å². The summed E-state index contributed by atoms with van der Waals surface area (Å²) in [7, 11) is 0. The number of hydrogen-bond donors (Lipinski definition) is 4. The number of nitrogens with zero attached hydrogens (tertiary/aromatic N) is 3. The molecule has 8 nitrogen and oxygen atoms in total. The van der Waals surface area contributed by atoms with Gasteiger partial charge in [-0.1, -0.05) is 60.7 Å². The lowest BCUT2D eigenvalue weighted by Crippen LogP contribution is -2.47. The highest BCUT2D eigenvalue weighted by molar-refractivity contribution is 6.03. The Labute approximate surface area is 228 Å². The van der Waals surface area contributed by atoms with E-state index in [-0.39, 0.29) is 18.4 Å². The fraction of sp³-hybridized carbons (Fsp3) is 0.355. The van der Waals surface area contributed by atoms with Crippen LogP contribution in [0.1, 0.15) is 61.0 Å². The van der Waals surface area contributed by atoms with Crippen molar-refractivity contribution in [2.75, 3.05) is 18.0 Å². The van der Waals surface area contributed by atoms with Gasteiger partial charge in [-0.25, -0.2) is 9.97 Å². The van der Waals surface area contributed by atoms with E-state index in [2.05, 4.69) is 25.5 Å². The van der Waals surface area contributed by atoms with Crippen LogP contribution >= 0.6 is 0 Å². The first-order chi connectivity index (χ1) is 19.1. The van der Waals surface area contributed by atoms with Gasteiger partial charge in [0, 0.05) is 42.6 Å². The van der Waals surface area contributed by atoms with Crippen LogP contribution in [0.15, 0.2) is 84.5 Å². The number of carbonyl (C=O) groups is 1. The summed E-state index contributed by atoms with van der Waals surface area (Å²) in [6, 6.07) is 19.9. The molecule has 4 N–H and O–H groups in total. The summed E-state index contributed by atoms with van der Waals surface area (Å²) < 4.78 is 0. The Hall–Kier alpha value is -4.04. The highest BCUT2D eigenvalue weighted by Crippen LogP contribution is 2.38. The van der Waals surface area contributed by atoms with E-state index in [0.717, 1.165) is 48.6 Å². The molecule has 1 aromatic heterocycles. The maximum Gasteiger partial charge on any atom is 0.254 e. The number of rotatable bonds is 8. The second-order valence-corrected chi connectivity index (χ2v) is 10.7. The van der Waals surface area contributed by atoms with E-state index in [1.54, 1.807) is 0 Å². The molecule has 200 valence electrons. The Kier molecular flexibility index (Phi) is 7.11. The summed E-state index contributed by atoms with van der Waals surface area (Å²) >= 11 is 0. The number of piperidine rings is 1. The summed E-state index contributed by atoms with van der Waals surface area (Å²) in [4.78, 5) is 24.0. The molecule has 1 saturated heterocycles. The minimum atomic E-state index is -1.17. The molecule has 0 radical (unpaired) electrons. The Morgan fingerprint density at radius 2 is 1.54 bits per heavy atom. The van der Waals surface area contributed by atoms with E-state index in [1.165, 1.54) is 12.8 Å². The van der Waals surface area contributed by atoms with Crippen molar-refractivity contribution >= 4 is 17.3 Å². The number of amides is 1. The van der Waals surface area contributed by atoms with Crippen LogP contribution < -0.4 is 15.5 Å². The lowest BCUT2D eigenvalue weighted by molar-refractivity contribution is -0.129. The molecular formula is C31H34N6O2. The van der Waals surface area contributed by atoms with Gasteiger partial charge in [-0.2, -0.15) is 0 Å². The number of benzene rings is 2. The average Bonchev–Trinajstić information content (AvgIpc) is 3.84. The SMILES string of the molecule is N=C(C1=C(NC(c2ccccc2)c2ccccc2)NC(=O)C(O)C1)C1CCN(c2cnc(C3CC3)nc2)CC1. The lowest BCUT2D eigenvalue weighted by atomic mass is 9.84.